The zero-order valence-corrected chi connectivity index (χ0v) is 20.5. The van der Waals surface area contributed by atoms with Gasteiger partial charge in [-0.2, -0.15) is 0 Å². The maximum absolute atomic E-state index is 13.6. The van der Waals surface area contributed by atoms with Gasteiger partial charge in [0, 0.05) is 12.6 Å². The number of benzene rings is 3. The Morgan fingerprint density at radius 2 is 1.34 bits per heavy atom. The molecule has 0 bridgehead atoms. The third-order valence-electron chi connectivity index (χ3n) is 6.15. The normalized spacial score (nSPS) is 16.3. The Morgan fingerprint density at radius 3 is 1.83 bits per heavy atom. The van der Waals surface area contributed by atoms with Crippen LogP contribution in [0.1, 0.15) is 23.6 Å². The molecule has 0 fully saturated rings. The van der Waals surface area contributed by atoms with Crippen molar-refractivity contribution in [3.63, 3.8) is 0 Å². The lowest BCUT2D eigenvalue weighted by atomic mass is 9.83. The Bertz CT molecular complexity index is 1170. The summed E-state index contributed by atoms with van der Waals surface area (Å²) in [5.74, 6) is -2.92. The molecular weight excluding hydrogens is 463 g/mol. The van der Waals surface area contributed by atoms with Crippen LogP contribution < -0.4 is 11.1 Å². The fraction of sp³-hybridized carbons (Fsp3) is 0.259. The Balaban J connectivity index is 1.87. The maximum atomic E-state index is 13.6. The molecule has 3 unspecified atom stereocenters. The van der Waals surface area contributed by atoms with Crippen molar-refractivity contribution in [3.05, 3.63) is 108 Å². The number of amides is 1. The largest absolute Gasteiger partial charge is 0.480 e. The van der Waals surface area contributed by atoms with E-state index < -0.39 is 42.6 Å². The van der Waals surface area contributed by atoms with Crippen LogP contribution in [0.4, 0.5) is 0 Å². The minimum Gasteiger partial charge on any atom is -0.480 e. The van der Waals surface area contributed by atoms with Gasteiger partial charge in [-0.3, -0.25) is 9.36 Å². The van der Waals surface area contributed by atoms with E-state index in [9.17, 15) is 24.2 Å². The molecule has 0 heterocycles. The average molecular weight is 495 g/mol. The second-order valence-corrected chi connectivity index (χ2v) is 11.4. The highest BCUT2D eigenvalue weighted by Gasteiger charge is 2.44. The van der Waals surface area contributed by atoms with E-state index in [2.05, 4.69) is 5.32 Å². The highest BCUT2D eigenvalue weighted by Crippen LogP contribution is 2.50. The molecule has 0 radical (unpaired) electrons. The number of nitrogens with two attached hydrogens (primary N) is 1. The summed E-state index contributed by atoms with van der Waals surface area (Å²) in [7, 11) is -4.05. The van der Waals surface area contributed by atoms with E-state index in [1.165, 1.54) is 0 Å². The molecule has 3 rings (SSSR count). The number of hydrogen-bond acceptors (Lipinski definition) is 4. The number of aliphatic carboxylic acids is 1. The summed E-state index contributed by atoms with van der Waals surface area (Å²) in [6.07, 6.45) is -0.175. The van der Waals surface area contributed by atoms with Crippen molar-refractivity contribution in [2.45, 2.75) is 37.0 Å². The molecule has 0 aromatic heterocycles. The van der Waals surface area contributed by atoms with Gasteiger partial charge in [0.1, 0.15) is 6.04 Å². The van der Waals surface area contributed by atoms with Gasteiger partial charge in [-0.25, -0.2) is 4.79 Å². The number of carboxylic acids is 1. The molecular formula is C27H31N2O5P. The first-order valence-electron chi connectivity index (χ1n) is 11.4. The summed E-state index contributed by atoms with van der Waals surface area (Å²) >= 11 is 0. The molecule has 0 aliphatic heterocycles. The van der Waals surface area contributed by atoms with Crippen LogP contribution in [0.5, 0.6) is 0 Å². The summed E-state index contributed by atoms with van der Waals surface area (Å²) < 4.78 is 13.5. The van der Waals surface area contributed by atoms with Crippen molar-refractivity contribution in [1.82, 2.24) is 5.32 Å². The molecule has 1 amide bonds. The number of carboxylic acid groups (broad SMARTS) is 1. The summed E-state index contributed by atoms with van der Waals surface area (Å²) in [4.78, 5) is 36.5. The molecule has 184 valence electrons. The van der Waals surface area contributed by atoms with E-state index in [-0.39, 0.29) is 12.8 Å². The topological polar surface area (TPSA) is 130 Å². The molecule has 4 atom stereocenters. The van der Waals surface area contributed by atoms with Crippen LogP contribution in [0.15, 0.2) is 91.0 Å². The van der Waals surface area contributed by atoms with Crippen molar-refractivity contribution >= 4 is 19.2 Å². The molecule has 3 aromatic carbocycles. The zero-order valence-electron chi connectivity index (χ0n) is 19.6. The third-order valence-corrected chi connectivity index (χ3v) is 8.45. The Kier molecular flexibility index (Phi) is 8.62. The first-order valence-corrected chi connectivity index (χ1v) is 13.3. The molecule has 8 heteroatoms. The van der Waals surface area contributed by atoms with Crippen LogP contribution in [-0.2, 0) is 32.4 Å². The first-order chi connectivity index (χ1) is 16.6. The molecule has 0 spiro atoms. The summed E-state index contributed by atoms with van der Waals surface area (Å²) in [6.45, 7) is 1.55. The van der Waals surface area contributed by atoms with E-state index in [0.717, 1.165) is 11.1 Å². The standard InChI is InChI=1S/C27H31N2O5P/c1-27(22-15-9-4-10-16-22,19-35(33,34)24(28)18-21-13-7-3-8-14-21)26(32)29-23(25(30)31)17-20-11-5-2-6-12-20/h2-16,23-24H,17-19,28H2,1H3,(H,29,32)(H,30,31)(H,33,34)/t23-,24?,27?/m0/s1. The van der Waals surface area contributed by atoms with Crippen LogP contribution in [0.25, 0.3) is 0 Å². The second kappa shape index (κ2) is 11.5. The molecule has 0 aliphatic carbocycles. The van der Waals surface area contributed by atoms with Crippen molar-refractivity contribution in [2.24, 2.45) is 5.73 Å². The van der Waals surface area contributed by atoms with Crippen LogP contribution in [-0.4, -0.2) is 39.9 Å². The van der Waals surface area contributed by atoms with Crippen molar-refractivity contribution in [1.29, 1.82) is 0 Å². The van der Waals surface area contributed by atoms with Gasteiger partial charge >= 0.3 is 5.97 Å². The second-order valence-electron chi connectivity index (χ2n) is 8.92. The smallest absolute Gasteiger partial charge is 0.326 e. The molecule has 3 aromatic rings. The van der Waals surface area contributed by atoms with E-state index in [0.29, 0.717) is 5.56 Å². The minimum absolute atomic E-state index is 0.0804. The fourth-order valence-corrected chi connectivity index (χ4v) is 6.00. The highest BCUT2D eigenvalue weighted by atomic mass is 31.2. The number of hydrogen-bond donors (Lipinski definition) is 4. The van der Waals surface area contributed by atoms with E-state index in [4.69, 9.17) is 5.73 Å². The average Bonchev–Trinajstić information content (AvgIpc) is 2.85. The van der Waals surface area contributed by atoms with Crippen LogP contribution in [0.2, 0.25) is 0 Å². The number of carbonyl (C=O) groups is 2. The van der Waals surface area contributed by atoms with Crippen LogP contribution in [0.3, 0.4) is 0 Å². The molecule has 7 nitrogen and oxygen atoms in total. The predicted octanol–water partition coefficient (Wildman–Crippen LogP) is 3.55. The van der Waals surface area contributed by atoms with Crippen LogP contribution in [0, 0.1) is 0 Å². The quantitative estimate of drug-likeness (QED) is 0.302. The zero-order chi connectivity index (χ0) is 25.5. The Labute approximate surface area is 205 Å². The third kappa shape index (κ3) is 6.89. The van der Waals surface area contributed by atoms with Gasteiger partial charge in [-0.15, -0.1) is 0 Å². The van der Waals surface area contributed by atoms with E-state index in [1.807, 2.05) is 36.4 Å². The molecule has 0 saturated carbocycles. The van der Waals surface area contributed by atoms with Gasteiger partial charge in [0.25, 0.3) is 0 Å². The Hall–Kier alpha value is -3.25. The fourth-order valence-electron chi connectivity index (χ4n) is 4.04. The predicted molar refractivity (Wildman–Crippen MR) is 136 cm³/mol. The monoisotopic (exact) mass is 494 g/mol. The molecule has 5 N–H and O–H groups in total. The van der Waals surface area contributed by atoms with Gasteiger partial charge < -0.3 is 21.1 Å². The lowest BCUT2D eigenvalue weighted by molar-refractivity contribution is -0.142. The number of carbonyl (C=O) groups excluding carboxylic acids is 1. The maximum Gasteiger partial charge on any atom is 0.326 e. The van der Waals surface area contributed by atoms with Gasteiger partial charge in [0.15, 0.2) is 0 Å². The number of rotatable bonds is 11. The van der Waals surface area contributed by atoms with Crippen molar-refractivity contribution in [2.75, 3.05) is 6.16 Å². The molecule has 0 aliphatic rings. The van der Waals surface area contributed by atoms with E-state index >= 15 is 0 Å². The van der Waals surface area contributed by atoms with Crippen molar-refractivity contribution in [3.8, 4) is 0 Å². The van der Waals surface area contributed by atoms with Crippen molar-refractivity contribution < 1.29 is 24.2 Å². The highest BCUT2D eigenvalue weighted by molar-refractivity contribution is 7.58. The van der Waals surface area contributed by atoms with Gasteiger partial charge in [-0.05, 0) is 30.0 Å². The lowest BCUT2D eigenvalue weighted by Gasteiger charge is -2.33. The van der Waals surface area contributed by atoms with Gasteiger partial charge in [0.05, 0.1) is 11.2 Å². The van der Waals surface area contributed by atoms with Gasteiger partial charge in [-0.1, -0.05) is 91.0 Å². The minimum atomic E-state index is -4.05. The Morgan fingerprint density at radius 1 is 0.886 bits per heavy atom. The summed E-state index contributed by atoms with van der Waals surface area (Å²) in [5, 5.41) is 12.4. The molecule has 0 saturated heterocycles. The lowest BCUT2D eigenvalue weighted by Crippen LogP contribution is -2.52. The SMILES string of the molecule is CC(CP(=O)(O)C(N)Cc1ccccc1)(C(=O)N[C@@H](Cc1ccccc1)C(=O)O)c1ccccc1. The summed E-state index contributed by atoms with van der Waals surface area (Å²) in [6, 6.07) is 25.5. The van der Waals surface area contributed by atoms with E-state index in [1.54, 1.807) is 61.5 Å². The van der Waals surface area contributed by atoms with Gasteiger partial charge in [0.2, 0.25) is 13.3 Å². The summed E-state index contributed by atoms with van der Waals surface area (Å²) in [5.41, 5.74) is 6.77. The number of nitrogens with one attached hydrogen (secondary N) is 1. The first kappa shape index (κ1) is 26.4. The van der Waals surface area contributed by atoms with Crippen LogP contribution >= 0.6 is 7.37 Å². The molecule has 35 heavy (non-hydrogen) atoms.